The third kappa shape index (κ3) is 4.49. The van der Waals surface area contributed by atoms with Crippen LogP contribution in [0.1, 0.15) is 30.7 Å². The summed E-state index contributed by atoms with van der Waals surface area (Å²) in [5, 5.41) is 2.95. The number of hydrogen-bond donors (Lipinski definition) is 1. The molecule has 1 aliphatic rings. The lowest BCUT2D eigenvalue weighted by molar-refractivity contribution is -0.117. The Hall–Kier alpha value is -4.13. The first kappa shape index (κ1) is 22.7. The second kappa shape index (κ2) is 9.62. The molecule has 1 aliphatic heterocycles. The van der Waals surface area contributed by atoms with E-state index in [1.807, 2.05) is 58.0 Å². The number of aromatic nitrogens is 2. The number of aryl methyl sites for hydroxylation is 1. The lowest BCUT2D eigenvalue weighted by Gasteiger charge is -2.18. The first-order chi connectivity index (χ1) is 17.1. The van der Waals surface area contributed by atoms with E-state index < -0.39 is 0 Å². The lowest BCUT2D eigenvalue weighted by atomic mass is 10.1. The number of fused-ring (bicyclic) bond motifs is 1. The Balaban J connectivity index is 1.43. The summed E-state index contributed by atoms with van der Waals surface area (Å²) >= 11 is 0. The molecule has 1 aromatic heterocycles. The van der Waals surface area contributed by atoms with Gasteiger partial charge in [0.25, 0.3) is 0 Å². The van der Waals surface area contributed by atoms with Gasteiger partial charge in [-0.05, 0) is 48.4 Å². The number of imidazole rings is 1. The number of nitrogens with one attached hydrogen (secondary N) is 1. The monoisotopic (exact) mass is 468 g/mol. The van der Waals surface area contributed by atoms with Crippen LogP contribution in [0.4, 0.5) is 11.4 Å². The summed E-state index contributed by atoms with van der Waals surface area (Å²) in [5.74, 6) is 1.12. The van der Waals surface area contributed by atoms with Crippen molar-refractivity contribution in [1.82, 2.24) is 9.55 Å². The Kier molecular flexibility index (Phi) is 6.23. The van der Waals surface area contributed by atoms with E-state index in [-0.39, 0.29) is 24.3 Å². The van der Waals surface area contributed by atoms with Crippen LogP contribution in [-0.4, -0.2) is 35.0 Å². The van der Waals surface area contributed by atoms with E-state index >= 15 is 0 Å². The van der Waals surface area contributed by atoms with E-state index in [9.17, 15) is 9.59 Å². The maximum Gasteiger partial charge on any atom is 0.244 e. The van der Waals surface area contributed by atoms with Gasteiger partial charge < -0.3 is 19.5 Å². The molecule has 0 bridgehead atoms. The van der Waals surface area contributed by atoms with Gasteiger partial charge in [-0.1, -0.05) is 43.3 Å². The molecule has 1 saturated heterocycles. The van der Waals surface area contributed by atoms with Gasteiger partial charge in [0, 0.05) is 24.6 Å². The Morgan fingerprint density at radius 3 is 2.57 bits per heavy atom. The van der Waals surface area contributed by atoms with E-state index in [4.69, 9.17) is 9.72 Å². The third-order valence-corrected chi connectivity index (χ3v) is 6.51. The average Bonchev–Trinajstić information content (AvgIpc) is 3.45. The summed E-state index contributed by atoms with van der Waals surface area (Å²) < 4.78 is 7.29. The van der Waals surface area contributed by atoms with Crippen LogP contribution in [0.5, 0.6) is 5.75 Å². The fourth-order valence-electron chi connectivity index (χ4n) is 4.69. The zero-order valence-corrected chi connectivity index (χ0v) is 19.9. The smallest absolute Gasteiger partial charge is 0.244 e. The van der Waals surface area contributed by atoms with Gasteiger partial charge in [-0.25, -0.2) is 4.98 Å². The zero-order valence-electron chi connectivity index (χ0n) is 19.9. The van der Waals surface area contributed by atoms with Gasteiger partial charge >= 0.3 is 0 Å². The molecule has 1 N–H and O–H groups in total. The summed E-state index contributed by atoms with van der Waals surface area (Å²) in [4.78, 5) is 32.7. The molecule has 0 spiro atoms. The van der Waals surface area contributed by atoms with Crippen molar-refractivity contribution in [2.45, 2.75) is 32.2 Å². The van der Waals surface area contributed by atoms with E-state index in [1.54, 1.807) is 19.2 Å². The molecule has 1 atom stereocenters. The molecule has 178 valence electrons. The summed E-state index contributed by atoms with van der Waals surface area (Å²) in [6.45, 7) is 2.73. The molecule has 2 amide bonds. The number of amides is 2. The van der Waals surface area contributed by atoms with Crippen LogP contribution in [0.2, 0.25) is 0 Å². The second-order valence-electron chi connectivity index (χ2n) is 8.72. The van der Waals surface area contributed by atoms with Gasteiger partial charge in [-0.3, -0.25) is 9.59 Å². The van der Waals surface area contributed by atoms with Gasteiger partial charge in [-0.15, -0.1) is 0 Å². The van der Waals surface area contributed by atoms with Crippen molar-refractivity contribution < 1.29 is 14.3 Å². The molecule has 0 saturated carbocycles. The number of ether oxygens (including phenoxy) is 1. The molecule has 7 heteroatoms. The highest BCUT2D eigenvalue weighted by molar-refractivity contribution is 5.97. The largest absolute Gasteiger partial charge is 0.495 e. The van der Waals surface area contributed by atoms with Crippen LogP contribution >= 0.6 is 0 Å². The van der Waals surface area contributed by atoms with Crippen molar-refractivity contribution in [3.63, 3.8) is 0 Å². The minimum atomic E-state index is -0.185. The predicted molar refractivity (Wildman–Crippen MR) is 137 cm³/mol. The molecular weight excluding hydrogens is 440 g/mol. The van der Waals surface area contributed by atoms with Crippen molar-refractivity contribution in [3.8, 4) is 5.75 Å². The molecule has 0 aliphatic carbocycles. The molecule has 4 aromatic rings. The fourth-order valence-corrected chi connectivity index (χ4v) is 4.69. The van der Waals surface area contributed by atoms with E-state index in [2.05, 4.69) is 24.4 Å². The minimum absolute atomic E-state index is 0.0660. The maximum atomic E-state index is 13.1. The van der Waals surface area contributed by atoms with Gasteiger partial charge in [0.15, 0.2) is 0 Å². The molecule has 3 aromatic carbocycles. The topological polar surface area (TPSA) is 76.5 Å². The number of carbonyl (C=O) groups excluding carboxylic acids is 2. The quantitative estimate of drug-likeness (QED) is 0.424. The number of methoxy groups -OCH3 is 1. The van der Waals surface area contributed by atoms with Gasteiger partial charge in [0.05, 0.1) is 23.8 Å². The van der Waals surface area contributed by atoms with E-state index in [0.717, 1.165) is 29.0 Å². The number of carbonyl (C=O) groups is 2. The van der Waals surface area contributed by atoms with Crippen LogP contribution < -0.4 is 15.0 Å². The summed E-state index contributed by atoms with van der Waals surface area (Å²) in [7, 11) is 1.57. The SMILES string of the molecule is CCc1ccc(N2C[C@H](c3nc4ccccc4n3CC(=O)Nc3ccccc3OC)CC2=O)cc1. The normalized spacial score (nSPS) is 15.5. The van der Waals surface area contributed by atoms with Crippen molar-refractivity contribution in [3.05, 3.63) is 84.2 Å². The number of benzene rings is 3. The average molecular weight is 469 g/mol. The highest BCUT2D eigenvalue weighted by Crippen LogP contribution is 2.33. The molecule has 1 fully saturated rings. The van der Waals surface area contributed by atoms with Crippen LogP contribution in [-0.2, 0) is 22.6 Å². The highest BCUT2D eigenvalue weighted by Gasteiger charge is 2.35. The molecule has 7 nitrogen and oxygen atoms in total. The van der Waals surface area contributed by atoms with E-state index in [0.29, 0.717) is 24.4 Å². The number of para-hydroxylation sites is 4. The van der Waals surface area contributed by atoms with Crippen molar-refractivity contribution in [1.29, 1.82) is 0 Å². The lowest BCUT2D eigenvalue weighted by Crippen LogP contribution is -2.25. The van der Waals surface area contributed by atoms with Crippen molar-refractivity contribution in [2.75, 3.05) is 23.9 Å². The Morgan fingerprint density at radius 2 is 1.80 bits per heavy atom. The molecular formula is C28H28N4O3. The van der Waals surface area contributed by atoms with Gasteiger partial charge in [0.1, 0.15) is 18.1 Å². The third-order valence-electron chi connectivity index (χ3n) is 6.51. The minimum Gasteiger partial charge on any atom is -0.495 e. The second-order valence-corrected chi connectivity index (χ2v) is 8.72. The van der Waals surface area contributed by atoms with E-state index in [1.165, 1.54) is 5.56 Å². The Bertz CT molecular complexity index is 1380. The number of rotatable bonds is 7. The van der Waals surface area contributed by atoms with Crippen LogP contribution in [0.3, 0.4) is 0 Å². The maximum absolute atomic E-state index is 13.1. The number of anilines is 2. The van der Waals surface area contributed by atoms with Crippen LogP contribution in [0.25, 0.3) is 11.0 Å². The molecule has 2 heterocycles. The van der Waals surface area contributed by atoms with Crippen LogP contribution in [0, 0.1) is 0 Å². The fraction of sp³-hybridized carbons (Fsp3) is 0.250. The van der Waals surface area contributed by atoms with Gasteiger partial charge in [0.2, 0.25) is 11.8 Å². The number of nitrogens with zero attached hydrogens (tertiary/aromatic N) is 3. The molecule has 5 rings (SSSR count). The van der Waals surface area contributed by atoms with Gasteiger partial charge in [-0.2, -0.15) is 0 Å². The Morgan fingerprint density at radius 1 is 1.06 bits per heavy atom. The predicted octanol–water partition coefficient (Wildman–Crippen LogP) is 4.77. The highest BCUT2D eigenvalue weighted by atomic mass is 16.5. The van der Waals surface area contributed by atoms with Crippen molar-refractivity contribution >= 4 is 34.2 Å². The standard InChI is InChI=1S/C28H28N4O3/c1-3-19-12-14-21(15-13-19)31-17-20(16-27(31)34)28-30-22-8-4-6-10-24(22)32(28)18-26(33)29-23-9-5-7-11-25(23)35-2/h4-15,20H,3,16-18H2,1-2H3,(H,29,33)/t20-/m1/s1. The zero-order chi connectivity index (χ0) is 24.4. The molecule has 0 unspecified atom stereocenters. The molecule has 0 radical (unpaired) electrons. The first-order valence-corrected chi connectivity index (χ1v) is 11.8. The van der Waals surface area contributed by atoms with Crippen LogP contribution in [0.15, 0.2) is 72.8 Å². The summed E-state index contributed by atoms with van der Waals surface area (Å²) in [6.07, 6.45) is 1.31. The Labute approximate surface area is 204 Å². The summed E-state index contributed by atoms with van der Waals surface area (Å²) in [6, 6.07) is 23.2. The van der Waals surface area contributed by atoms with Crippen molar-refractivity contribution in [2.24, 2.45) is 0 Å². The summed E-state index contributed by atoms with van der Waals surface area (Å²) in [5.41, 5.74) is 4.43. The first-order valence-electron chi connectivity index (χ1n) is 11.8. The molecule has 35 heavy (non-hydrogen) atoms. The number of hydrogen-bond acceptors (Lipinski definition) is 4.